The summed E-state index contributed by atoms with van der Waals surface area (Å²) in [6, 6.07) is 0. The van der Waals surface area contributed by atoms with Gasteiger partial charge < -0.3 is 14.1 Å². The third-order valence-electron chi connectivity index (χ3n) is 3.24. The number of carbonyl (C=O) groups is 1. The van der Waals surface area contributed by atoms with E-state index in [1.54, 1.807) is 4.90 Å². The van der Waals surface area contributed by atoms with Gasteiger partial charge in [0.1, 0.15) is 6.61 Å². The molecule has 0 saturated carbocycles. The van der Waals surface area contributed by atoms with E-state index in [0.717, 1.165) is 13.0 Å². The fourth-order valence-corrected chi connectivity index (χ4v) is 2.11. The molecule has 1 aliphatic rings. The minimum Gasteiger partial charge on any atom is -0.424 e. The SMILES string of the molecule is COCC(=O)N1CCC(c2nnc(C(C)(C)C)o2)C1. The summed E-state index contributed by atoms with van der Waals surface area (Å²) in [5.41, 5.74) is -0.143. The van der Waals surface area contributed by atoms with Gasteiger partial charge in [0.25, 0.3) is 0 Å². The molecular formula is C13H21N3O3. The molecule has 1 fully saturated rings. The van der Waals surface area contributed by atoms with Crippen molar-refractivity contribution in [1.82, 2.24) is 15.1 Å². The van der Waals surface area contributed by atoms with Crippen LogP contribution >= 0.6 is 0 Å². The Morgan fingerprint density at radius 3 is 2.79 bits per heavy atom. The number of likely N-dealkylation sites (tertiary alicyclic amines) is 1. The molecule has 1 amide bonds. The van der Waals surface area contributed by atoms with Crippen LogP contribution in [0.3, 0.4) is 0 Å². The first kappa shape index (κ1) is 14.0. The van der Waals surface area contributed by atoms with E-state index in [2.05, 4.69) is 10.2 Å². The van der Waals surface area contributed by atoms with Crippen LogP contribution in [0.2, 0.25) is 0 Å². The van der Waals surface area contributed by atoms with E-state index in [0.29, 0.717) is 18.3 Å². The normalized spacial score (nSPS) is 20.0. The second kappa shape index (κ2) is 5.28. The Labute approximate surface area is 113 Å². The molecule has 2 heterocycles. The summed E-state index contributed by atoms with van der Waals surface area (Å²) in [4.78, 5) is 13.5. The number of aromatic nitrogens is 2. The minimum atomic E-state index is -0.143. The number of methoxy groups -OCH3 is 1. The van der Waals surface area contributed by atoms with Gasteiger partial charge in [0.05, 0.1) is 5.92 Å². The number of ether oxygens (including phenoxy) is 1. The molecule has 0 N–H and O–H groups in total. The Hall–Kier alpha value is -1.43. The molecule has 1 aromatic rings. The van der Waals surface area contributed by atoms with Crippen molar-refractivity contribution in [3.63, 3.8) is 0 Å². The number of amides is 1. The Morgan fingerprint density at radius 1 is 1.47 bits per heavy atom. The zero-order valence-corrected chi connectivity index (χ0v) is 12.0. The Morgan fingerprint density at radius 2 is 2.21 bits per heavy atom. The number of hydrogen-bond acceptors (Lipinski definition) is 5. The maximum absolute atomic E-state index is 11.7. The molecule has 1 aromatic heterocycles. The summed E-state index contributed by atoms with van der Waals surface area (Å²) in [6.07, 6.45) is 0.862. The molecule has 0 aromatic carbocycles. The average molecular weight is 267 g/mol. The summed E-state index contributed by atoms with van der Waals surface area (Å²) in [5.74, 6) is 1.44. The second-order valence-corrected chi connectivity index (χ2v) is 5.95. The number of carbonyl (C=O) groups excluding carboxylic acids is 1. The molecule has 1 aliphatic heterocycles. The van der Waals surface area contributed by atoms with E-state index in [4.69, 9.17) is 9.15 Å². The Bertz CT molecular complexity index is 450. The van der Waals surface area contributed by atoms with E-state index >= 15 is 0 Å². The predicted molar refractivity (Wildman–Crippen MR) is 68.8 cm³/mol. The summed E-state index contributed by atoms with van der Waals surface area (Å²) >= 11 is 0. The Kier molecular flexibility index (Phi) is 3.89. The summed E-state index contributed by atoms with van der Waals surface area (Å²) in [7, 11) is 1.53. The average Bonchev–Trinajstić information content (AvgIpc) is 2.97. The maximum Gasteiger partial charge on any atom is 0.248 e. The van der Waals surface area contributed by atoms with Crippen LogP contribution in [0.4, 0.5) is 0 Å². The number of rotatable bonds is 3. The van der Waals surface area contributed by atoms with Gasteiger partial charge in [0.2, 0.25) is 17.7 Å². The highest BCUT2D eigenvalue weighted by atomic mass is 16.5. The lowest BCUT2D eigenvalue weighted by Crippen LogP contribution is -2.31. The van der Waals surface area contributed by atoms with Crippen LogP contribution in [0.25, 0.3) is 0 Å². The monoisotopic (exact) mass is 267 g/mol. The van der Waals surface area contributed by atoms with Gasteiger partial charge in [-0.1, -0.05) is 20.8 Å². The van der Waals surface area contributed by atoms with Crippen LogP contribution in [0.1, 0.15) is 44.9 Å². The van der Waals surface area contributed by atoms with Crippen molar-refractivity contribution in [3.8, 4) is 0 Å². The molecule has 0 bridgehead atoms. The first-order valence-electron chi connectivity index (χ1n) is 6.52. The van der Waals surface area contributed by atoms with Gasteiger partial charge in [-0.25, -0.2) is 0 Å². The van der Waals surface area contributed by atoms with E-state index < -0.39 is 0 Å². The molecule has 6 heteroatoms. The van der Waals surface area contributed by atoms with Crippen LogP contribution in [-0.2, 0) is 14.9 Å². The molecule has 19 heavy (non-hydrogen) atoms. The standard InChI is InChI=1S/C13H21N3O3/c1-13(2,3)12-15-14-11(19-12)9-5-6-16(7-9)10(17)8-18-4/h9H,5-8H2,1-4H3. The second-order valence-electron chi connectivity index (χ2n) is 5.95. The van der Waals surface area contributed by atoms with Gasteiger partial charge in [0.15, 0.2) is 0 Å². The van der Waals surface area contributed by atoms with Crippen LogP contribution in [0, 0.1) is 0 Å². The lowest BCUT2D eigenvalue weighted by atomic mass is 9.97. The number of hydrogen-bond donors (Lipinski definition) is 0. The van der Waals surface area contributed by atoms with E-state index in [1.165, 1.54) is 7.11 Å². The van der Waals surface area contributed by atoms with Crippen LogP contribution < -0.4 is 0 Å². The van der Waals surface area contributed by atoms with Crippen molar-refractivity contribution in [2.24, 2.45) is 0 Å². The first-order chi connectivity index (χ1) is 8.91. The van der Waals surface area contributed by atoms with Gasteiger partial charge in [0, 0.05) is 25.6 Å². The van der Waals surface area contributed by atoms with Gasteiger partial charge in [-0.2, -0.15) is 0 Å². The lowest BCUT2D eigenvalue weighted by Gasteiger charge is -2.15. The van der Waals surface area contributed by atoms with Gasteiger partial charge >= 0.3 is 0 Å². The van der Waals surface area contributed by atoms with Crippen LogP contribution in [0.15, 0.2) is 4.42 Å². The fourth-order valence-electron chi connectivity index (χ4n) is 2.11. The molecule has 1 saturated heterocycles. The molecule has 106 valence electrons. The molecule has 2 rings (SSSR count). The summed E-state index contributed by atoms with van der Waals surface area (Å²) < 4.78 is 10.6. The van der Waals surface area contributed by atoms with Crippen LogP contribution in [0.5, 0.6) is 0 Å². The highest BCUT2D eigenvalue weighted by molar-refractivity contribution is 5.77. The molecular weight excluding hydrogens is 246 g/mol. The minimum absolute atomic E-state index is 0.0144. The van der Waals surface area contributed by atoms with Crippen molar-refractivity contribution < 1.29 is 13.9 Å². The predicted octanol–water partition coefficient (Wildman–Crippen LogP) is 1.33. The van der Waals surface area contributed by atoms with E-state index in [9.17, 15) is 4.79 Å². The van der Waals surface area contributed by atoms with Crippen LogP contribution in [-0.4, -0.2) is 47.8 Å². The topological polar surface area (TPSA) is 68.5 Å². The Balaban J connectivity index is 2.01. The number of nitrogens with zero attached hydrogens (tertiary/aromatic N) is 3. The van der Waals surface area contributed by atoms with Crippen molar-refractivity contribution in [3.05, 3.63) is 11.8 Å². The van der Waals surface area contributed by atoms with Gasteiger partial charge in [-0.15, -0.1) is 10.2 Å². The van der Waals surface area contributed by atoms with E-state index in [1.807, 2.05) is 20.8 Å². The molecule has 0 spiro atoms. The highest BCUT2D eigenvalue weighted by Gasteiger charge is 2.32. The smallest absolute Gasteiger partial charge is 0.248 e. The van der Waals surface area contributed by atoms with E-state index in [-0.39, 0.29) is 23.8 Å². The van der Waals surface area contributed by atoms with Gasteiger partial charge in [-0.05, 0) is 6.42 Å². The van der Waals surface area contributed by atoms with Gasteiger partial charge in [-0.3, -0.25) is 4.79 Å². The summed E-state index contributed by atoms with van der Waals surface area (Å²) in [5, 5.41) is 8.21. The largest absolute Gasteiger partial charge is 0.424 e. The third-order valence-corrected chi connectivity index (χ3v) is 3.24. The molecule has 0 radical (unpaired) electrons. The van der Waals surface area contributed by atoms with Crippen molar-refractivity contribution >= 4 is 5.91 Å². The quantitative estimate of drug-likeness (QED) is 0.826. The van der Waals surface area contributed by atoms with Crippen molar-refractivity contribution in [1.29, 1.82) is 0 Å². The molecule has 6 nitrogen and oxygen atoms in total. The lowest BCUT2D eigenvalue weighted by molar-refractivity contribution is -0.134. The molecule has 0 aliphatic carbocycles. The molecule has 1 unspecified atom stereocenters. The zero-order chi connectivity index (χ0) is 14.0. The third kappa shape index (κ3) is 3.12. The van der Waals surface area contributed by atoms with Crippen molar-refractivity contribution in [2.45, 2.75) is 38.5 Å². The summed E-state index contributed by atoms with van der Waals surface area (Å²) in [6.45, 7) is 7.59. The first-order valence-corrected chi connectivity index (χ1v) is 6.52. The molecule has 1 atom stereocenters. The zero-order valence-electron chi connectivity index (χ0n) is 12.0. The fraction of sp³-hybridized carbons (Fsp3) is 0.769. The maximum atomic E-state index is 11.7. The van der Waals surface area contributed by atoms with Crippen molar-refractivity contribution in [2.75, 3.05) is 26.8 Å². The highest BCUT2D eigenvalue weighted by Crippen LogP contribution is 2.29.